The van der Waals surface area contributed by atoms with Gasteiger partial charge in [-0.1, -0.05) is 30.3 Å². The van der Waals surface area contributed by atoms with Gasteiger partial charge in [-0.2, -0.15) is 0 Å². The van der Waals surface area contributed by atoms with Gasteiger partial charge in [0.05, 0.1) is 12.6 Å². The van der Waals surface area contributed by atoms with Gasteiger partial charge in [-0.3, -0.25) is 19.3 Å². The lowest BCUT2D eigenvalue weighted by atomic mass is 9.92. The molecule has 1 unspecified atom stereocenters. The standard InChI is InChI=1S/C26H33N3O4/c1-19(22-9-6-10-23(17-22)27-26(33)21-7-4-3-5-8-21)28(2)24(30)18-29-15-13-20(14-16-29)11-12-25(31)32/h3-10,17,19-20H,11-16,18H2,1-2H3,(H,27,33)(H,31,32). The van der Waals surface area contributed by atoms with Crippen molar-refractivity contribution in [2.45, 2.75) is 38.6 Å². The molecular formula is C26H33N3O4. The van der Waals surface area contributed by atoms with E-state index in [0.29, 0.717) is 30.1 Å². The minimum absolute atomic E-state index is 0.0465. The monoisotopic (exact) mass is 451 g/mol. The maximum Gasteiger partial charge on any atom is 0.303 e. The number of nitrogens with zero attached hydrogens (tertiary/aromatic N) is 2. The van der Waals surface area contributed by atoms with E-state index < -0.39 is 5.97 Å². The first-order valence-electron chi connectivity index (χ1n) is 11.5. The number of carboxylic acid groups (broad SMARTS) is 1. The molecule has 2 aromatic carbocycles. The summed E-state index contributed by atoms with van der Waals surface area (Å²) in [7, 11) is 1.81. The third-order valence-electron chi connectivity index (χ3n) is 6.47. The lowest BCUT2D eigenvalue weighted by molar-refractivity contribution is -0.137. The van der Waals surface area contributed by atoms with Crippen LogP contribution in [0.3, 0.4) is 0 Å². The van der Waals surface area contributed by atoms with E-state index in [9.17, 15) is 14.4 Å². The highest BCUT2D eigenvalue weighted by molar-refractivity contribution is 6.04. The molecule has 0 aromatic heterocycles. The zero-order valence-electron chi connectivity index (χ0n) is 19.4. The molecule has 0 aliphatic carbocycles. The van der Waals surface area contributed by atoms with E-state index in [4.69, 9.17) is 5.11 Å². The third-order valence-corrected chi connectivity index (χ3v) is 6.47. The summed E-state index contributed by atoms with van der Waals surface area (Å²) >= 11 is 0. The number of benzene rings is 2. The van der Waals surface area contributed by atoms with E-state index in [1.54, 1.807) is 17.0 Å². The van der Waals surface area contributed by atoms with E-state index >= 15 is 0 Å². The Labute approximate surface area is 195 Å². The molecule has 0 radical (unpaired) electrons. The van der Waals surface area contributed by atoms with Crippen molar-refractivity contribution in [2.75, 3.05) is 32.0 Å². The molecule has 1 saturated heterocycles. The van der Waals surface area contributed by atoms with E-state index in [-0.39, 0.29) is 24.3 Å². The van der Waals surface area contributed by atoms with Gasteiger partial charge in [-0.15, -0.1) is 0 Å². The van der Waals surface area contributed by atoms with Gasteiger partial charge in [-0.25, -0.2) is 0 Å². The number of piperidine rings is 1. The van der Waals surface area contributed by atoms with Gasteiger partial charge < -0.3 is 15.3 Å². The maximum atomic E-state index is 12.9. The molecule has 2 N–H and O–H groups in total. The van der Waals surface area contributed by atoms with Gasteiger partial charge in [-0.05, 0) is 75.0 Å². The molecule has 7 nitrogen and oxygen atoms in total. The fourth-order valence-electron chi connectivity index (χ4n) is 4.17. The predicted molar refractivity (Wildman–Crippen MR) is 128 cm³/mol. The molecule has 176 valence electrons. The van der Waals surface area contributed by atoms with Gasteiger partial charge in [0, 0.05) is 24.7 Å². The molecule has 0 saturated carbocycles. The molecular weight excluding hydrogens is 418 g/mol. The Morgan fingerprint density at radius 1 is 1.09 bits per heavy atom. The van der Waals surface area contributed by atoms with Crippen molar-refractivity contribution >= 4 is 23.5 Å². The molecule has 0 bridgehead atoms. The first-order chi connectivity index (χ1) is 15.8. The summed E-state index contributed by atoms with van der Waals surface area (Å²) in [4.78, 5) is 40.0. The second kappa shape index (κ2) is 11.6. The Kier molecular flexibility index (Phi) is 8.60. The number of carboxylic acids is 1. The van der Waals surface area contributed by atoms with Crippen LogP contribution in [0.25, 0.3) is 0 Å². The number of hydrogen-bond donors (Lipinski definition) is 2. The quantitative estimate of drug-likeness (QED) is 0.601. The zero-order valence-corrected chi connectivity index (χ0v) is 19.4. The minimum Gasteiger partial charge on any atom is -0.481 e. The highest BCUT2D eigenvalue weighted by Gasteiger charge is 2.24. The molecule has 2 aromatic rings. The predicted octanol–water partition coefficient (Wildman–Crippen LogP) is 4.04. The van der Waals surface area contributed by atoms with Crippen LogP contribution in [-0.4, -0.2) is 59.4 Å². The van der Waals surface area contributed by atoms with E-state index in [0.717, 1.165) is 31.5 Å². The summed E-state index contributed by atoms with van der Waals surface area (Å²) in [6, 6.07) is 16.5. The van der Waals surface area contributed by atoms with Crippen molar-refractivity contribution in [2.24, 2.45) is 5.92 Å². The van der Waals surface area contributed by atoms with Crippen molar-refractivity contribution in [3.63, 3.8) is 0 Å². The van der Waals surface area contributed by atoms with Gasteiger partial charge in [0.2, 0.25) is 5.91 Å². The normalized spacial score (nSPS) is 15.6. The van der Waals surface area contributed by atoms with Crippen LogP contribution in [0.15, 0.2) is 54.6 Å². The number of hydrogen-bond acceptors (Lipinski definition) is 4. The number of likely N-dealkylation sites (N-methyl/N-ethyl adjacent to an activating group) is 1. The van der Waals surface area contributed by atoms with Gasteiger partial charge in [0.1, 0.15) is 0 Å². The largest absolute Gasteiger partial charge is 0.481 e. The van der Waals surface area contributed by atoms with Gasteiger partial charge >= 0.3 is 5.97 Å². The summed E-state index contributed by atoms with van der Waals surface area (Å²) in [6.07, 6.45) is 2.80. The summed E-state index contributed by atoms with van der Waals surface area (Å²) in [5.74, 6) is -0.438. The second-order valence-electron chi connectivity index (χ2n) is 8.78. The van der Waals surface area contributed by atoms with Crippen molar-refractivity contribution in [3.05, 3.63) is 65.7 Å². The number of anilines is 1. The second-order valence-corrected chi connectivity index (χ2v) is 8.78. The molecule has 1 aliphatic heterocycles. The lowest BCUT2D eigenvalue weighted by Crippen LogP contribution is -2.42. The average Bonchev–Trinajstić information content (AvgIpc) is 2.83. The lowest BCUT2D eigenvalue weighted by Gasteiger charge is -2.33. The number of carbonyl (C=O) groups is 3. The van der Waals surface area contributed by atoms with Crippen LogP contribution >= 0.6 is 0 Å². The van der Waals surface area contributed by atoms with Crippen molar-refractivity contribution < 1.29 is 19.5 Å². The molecule has 33 heavy (non-hydrogen) atoms. The van der Waals surface area contributed by atoms with Crippen molar-refractivity contribution in [3.8, 4) is 0 Å². The Morgan fingerprint density at radius 3 is 2.45 bits per heavy atom. The first-order valence-corrected chi connectivity index (χ1v) is 11.5. The van der Waals surface area contributed by atoms with E-state index in [2.05, 4.69) is 10.2 Å². The fraction of sp³-hybridized carbons (Fsp3) is 0.423. The Bertz CT molecular complexity index is 955. The summed E-state index contributed by atoms with van der Waals surface area (Å²) in [5, 5.41) is 11.8. The van der Waals surface area contributed by atoms with Crippen molar-refractivity contribution in [1.29, 1.82) is 0 Å². The van der Waals surface area contributed by atoms with Crippen LogP contribution in [0, 0.1) is 5.92 Å². The number of likely N-dealkylation sites (tertiary alicyclic amines) is 1. The number of carbonyl (C=O) groups excluding carboxylic acids is 2. The zero-order chi connectivity index (χ0) is 23.8. The molecule has 1 heterocycles. The van der Waals surface area contributed by atoms with Crippen LogP contribution in [0.2, 0.25) is 0 Å². The van der Waals surface area contributed by atoms with Crippen LogP contribution in [0.4, 0.5) is 5.69 Å². The smallest absolute Gasteiger partial charge is 0.303 e. The third kappa shape index (κ3) is 7.15. The highest BCUT2D eigenvalue weighted by Crippen LogP contribution is 2.24. The SMILES string of the molecule is CC(c1cccc(NC(=O)c2ccccc2)c1)N(C)C(=O)CN1CCC(CCC(=O)O)CC1. The van der Waals surface area contributed by atoms with Crippen LogP contribution in [-0.2, 0) is 9.59 Å². The molecule has 1 aliphatic rings. The van der Waals surface area contributed by atoms with Gasteiger partial charge in [0.15, 0.2) is 0 Å². The highest BCUT2D eigenvalue weighted by atomic mass is 16.4. The van der Waals surface area contributed by atoms with Crippen LogP contribution in [0.5, 0.6) is 0 Å². The first kappa shape index (κ1) is 24.5. The number of amides is 2. The van der Waals surface area contributed by atoms with E-state index in [1.807, 2.05) is 56.4 Å². The van der Waals surface area contributed by atoms with Crippen LogP contribution in [0.1, 0.15) is 54.6 Å². The average molecular weight is 452 g/mol. The Morgan fingerprint density at radius 2 is 1.79 bits per heavy atom. The molecule has 7 heteroatoms. The van der Waals surface area contributed by atoms with E-state index in [1.165, 1.54) is 0 Å². The number of rotatable bonds is 9. The number of nitrogens with one attached hydrogen (secondary N) is 1. The Hall–Kier alpha value is -3.19. The summed E-state index contributed by atoms with van der Waals surface area (Å²) in [6.45, 7) is 3.98. The topological polar surface area (TPSA) is 90.0 Å². The number of aliphatic carboxylic acids is 1. The van der Waals surface area contributed by atoms with Crippen LogP contribution < -0.4 is 5.32 Å². The Balaban J connectivity index is 1.52. The molecule has 1 fully saturated rings. The van der Waals surface area contributed by atoms with Gasteiger partial charge in [0.25, 0.3) is 5.91 Å². The summed E-state index contributed by atoms with van der Waals surface area (Å²) in [5.41, 5.74) is 2.23. The summed E-state index contributed by atoms with van der Waals surface area (Å²) < 4.78 is 0. The molecule has 2 amide bonds. The maximum absolute atomic E-state index is 12.9. The molecule has 0 spiro atoms. The van der Waals surface area contributed by atoms with Crippen molar-refractivity contribution in [1.82, 2.24) is 9.80 Å². The molecule has 3 rings (SSSR count). The minimum atomic E-state index is -0.744. The molecule has 1 atom stereocenters. The fourth-order valence-corrected chi connectivity index (χ4v) is 4.17.